The Bertz CT molecular complexity index is 772. The van der Waals surface area contributed by atoms with Crippen molar-refractivity contribution < 1.29 is 102 Å². The van der Waals surface area contributed by atoms with Gasteiger partial charge in [0.15, 0.2) is 17.7 Å². The molecule has 0 bridgehead atoms. The zero-order valence-electron chi connectivity index (χ0n) is 16.9. The number of carbonyl (C=O) groups excluding carboxylic acids is 1. The number of hydrogen-bond acceptors (Lipinski definition) is 11. The van der Waals surface area contributed by atoms with Crippen LogP contribution in [0.5, 0.6) is 0 Å². The standard InChI is InChI=1S/C14H22N3O9P.2Na/c1-4-22-13(18)8-11(15)17(6-16-8)12-10-9(25-14(2,3)26-10)7(24-12)5-23-27(19,20)21;;/h6-7,9-10,12H,4-5,15H2,1-3H3,(H2,19,20,21);;/q;2*+1/p-2/t7-,9-,10-,12+;;/m1../s1. The summed E-state index contributed by atoms with van der Waals surface area (Å²) < 4.78 is 38.7. The number of anilines is 1. The molecule has 3 rings (SSSR count). The molecule has 0 amide bonds. The Hall–Kier alpha value is 0.470. The number of nitrogens with two attached hydrogens (primary N) is 1. The third-order valence-electron chi connectivity index (χ3n) is 4.10. The molecule has 2 N–H and O–H groups in total. The van der Waals surface area contributed by atoms with Crippen molar-refractivity contribution >= 4 is 19.6 Å². The molecule has 2 saturated heterocycles. The number of hydrogen-bond donors (Lipinski definition) is 1. The summed E-state index contributed by atoms with van der Waals surface area (Å²) in [7, 11) is -5.19. The van der Waals surface area contributed by atoms with Gasteiger partial charge in [0.05, 0.1) is 27.4 Å². The van der Waals surface area contributed by atoms with Crippen LogP contribution in [-0.4, -0.2) is 52.8 Å². The molecule has 29 heavy (non-hydrogen) atoms. The molecular weight excluding hydrogens is 431 g/mol. The first-order valence-electron chi connectivity index (χ1n) is 8.19. The van der Waals surface area contributed by atoms with Crippen molar-refractivity contribution in [2.45, 2.75) is 51.1 Å². The van der Waals surface area contributed by atoms with Crippen molar-refractivity contribution in [2.75, 3.05) is 18.9 Å². The van der Waals surface area contributed by atoms with E-state index >= 15 is 0 Å². The first-order chi connectivity index (χ1) is 12.5. The van der Waals surface area contributed by atoms with Crippen LogP contribution in [0.4, 0.5) is 5.82 Å². The summed E-state index contributed by atoms with van der Waals surface area (Å²) in [5, 5.41) is 0. The van der Waals surface area contributed by atoms with Gasteiger partial charge >= 0.3 is 65.1 Å². The average molecular weight is 451 g/mol. The van der Waals surface area contributed by atoms with E-state index in [1.807, 2.05) is 0 Å². The second-order valence-corrected chi connectivity index (χ2v) is 7.63. The quantitative estimate of drug-likeness (QED) is 0.248. The van der Waals surface area contributed by atoms with Gasteiger partial charge in [-0.3, -0.25) is 4.57 Å². The predicted molar refractivity (Wildman–Crippen MR) is 83.9 cm³/mol. The topological polar surface area (TPSA) is 170 Å². The maximum atomic E-state index is 11.9. The first kappa shape index (κ1) is 27.5. The van der Waals surface area contributed by atoms with E-state index in [0.717, 1.165) is 0 Å². The molecule has 3 heterocycles. The Morgan fingerprint density at radius 1 is 1.34 bits per heavy atom. The van der Waals surface area contributed by atoms with Crippen LogP contribution in [0.25, 0.3) is 0 Å². The summed E-state index contributed by atoms with van der Waals surface area (Å²) in [4.78, 5) is 37.4. The van der Waals surface area contributed by atoms with Gasteiger partial charge < -0.3 is 43.6 Å². The largest absolute Gasteiger partial charge is 1.00 e. The zero-order valence-corrected chi connectivity index (χ0v) is 21.8. The van der Waals surface area contributed by atoms with Gasteiger partial charge in [0.1, 0.15) is 24.1 Å². The molecule has 2 aliphatic rings. The second-order valence-electron chi connectivity index (χ2n) is 6.48. The number of imidazole rings is 1. The molecule has 0 aromatic carbocycles. The van der Waals surface area contributed by atoms with E-state index in [1.165, 1.54) is 10.9 Å². The molecule has 1 aromatic heterocycles. The van der Waals surface area contributed by atoms with Crippen LogP contribution in [0.2, 0.25) is 0 Å². The molecule has 4 atom stereocenters. The molecule has 0 radical (unpaired) electrons. The summed E-state index contributed by atoms with van der Waals surface area (Å²) in [6.45, 7) is 4.61. The van der Waals surface area contributed by atoms with E-state index in [4.69, 9.17) is 24.7 Å². The summed E-state index contributed by atoms with van der Waals surface area (Å²) in [5.74, 6) is -1.68. The van der Waals surface area contributed by atoms with Crippen molar-refractivity contribution in [3.63, 3.8) is 0 Å². The summed E-state index contributed by atoms with van der Waals surface area (Å²) in [6, 6.07) is 0. The third kappa shape index (κ3) is 6.26. The number of rotatable bonds is 6. The molecule has 12 nitrogen and oxygen atoms in total. The van der Waals surface area contributed by atoms with Gasteiger partial charge in [0.25, 0.3) is 0 Å². The van der Waals surface area contributed by atoms with Crippen LogP contribution in [0.1, 0.15) is 37.5 Å². The number of nitrogen functional groups attached to an aromatic ring is 1. The number of ether oxygens (including phenoxy) is 4. The Balaban J connectivity index is 0.00000210. The van der Waals surface area contributed by atoms with Crippen molar-refractivity contribution in [3.8, 4) is 0 Å². The van der Waals surface area contributed by atoms with Gasteiger partial charge in [0.2, 0.25) is 0 Å². The van der Waals surface area contributed by atoms with Gasteiger partial charge in [-0.1, -0.05) is 0 Å². The number of fused-ring (bicyclic) bond motifs is 1. The van der Waals surface area contributed by atoms with Crippen molar-refractivity contribution in [1.29, 1.82) is 0 Å². The number of phosphoric acid groups is 1. The van der Waals surface area contributed by atoms with E-state index in [0.29, 0.717) is 0 Å². The number of carbonyl (C=O) groups is 1. The van der Waals surface area contributed by atoms with Crippen LogP contribution in [-0.2, 0) is 28.0 Å². The molecule has 0 spiro atoms. The van der Waals surface area contributed by atoms with E-state index in [9.17, 15) is 19.1 Å². The van der Waals surface area contributed by atoms with Crippen molar-refractivity contribution in [3.05, 3.63) is 12.0 Å². The Morgan fingerprint density at radius 3 is 2.55 bits per heavy atom. The zero-order chi connectivity index (χ0) is 20.0. The van der Waals surface area contributed by atoms with Crippen LogP contribution >= 0.6 is 7.82 Å². The number of aromatic nitrogens is 2. The monoisotopic (exact) mass is 451 g/mol. The van der Waals surface area contributed by atoms with Crippen LogP contribution in [0.3, 0.4) is 0 Å². The van der Waals surface area contributed by atoms with Gasteiger partial charge in [0, 0.05) is 0 Å². The Labute approximate surface area is 211 Å². The fourth-order valence-corrected chi connectivity index (χ4v) is 3.44. The fourth-order valence-electron chi connectivity index (χ4n) is 3.11. The molecular formula is C14H20N3Na2O9P. The maximum Gasteiger partial charge on any atom is 1.00 e. The molecule has 1 aromatic rings. The number of phosphoric ester groups is 1. The maximum absolute atomic E-state index is 11.9. The Kier molecular flexibility index (Phi) is 9.85. The van der Waals surface area contributed by atoms with E-state index < -0.39 is 50.7 Å². The van der Waals surface area contributed by atoms with Crippen molar-refractivity contribution in [2.24, 2.45) is 0 Å². The smallest absolute Gasteiger partial charge is 0.790 e. The van der Waals surface area contributed by atoms with E-state index in [2.05, 4.69) is 9.51 Å². The summed E-state index contributed by atoms with van der Waals surface area (Å²) in [6.07, 6.45) is -1.92. The molecule has 0 saturated carbocycles. The normalized spacial score (nSPS) is 27.6. The minimum atomic E-state index is -5.19. The number of esters is 1. The van der Waals surface area contributed by atoms with Crippen LogP contribution < -0.4 is 74.6 Å². The van der Waals surface area contributed by atoms with Gasteiger partial charge in [-0.25, -0.2) is 9.78 Å². The van der Waals surface area contributed by atoms with Crippen LogP contribution in [0, 0.1) is 0 Å². The minimum absolute atomic E-state index is 0. The summed E-state index contributed by atoms with van der Waals surface area (Å²) in [5.41, 5.74) is 5.92. The SMILES string of the molecule is CCOC(=O)c1ncn([C@H]2O[C@H](COP(=O)([O-])[O-])[C@H]3OC(C)(C)O[C@H]32)c1N.[Na+].[Na+]. The number of nitrogens with zero attached hydrogens (tertiary/aromatic N) is 2. The van der Waals surface area contributed by atoms with Crippen LogP contribution in [0.15, 0.2) is 6.33 Å². The van der Waals surface area contributed by atoms with Crippen molar-refractivity contribution in [1.82, 2.24) is 9.55 Å². The average Bonchev–Trinajstić information content (AvgIpc) is 3.16. The van der Waals surface area contributed by atoms with Gasteiger partial charge in [-0.15, -0.1) is 0 Å². The summed E-state index contributed by atoms with van der Waals surface area (Å²) >= 11 is 0. The predicted octanol–water partition coefficient (Wildman–Crippen LogP) is -7.09. The molecule has 0 unspecified atom stereocenters. The first-order valence-corrected chi connectivity index (χ1v) is 9.65. The van der Waals surface area contributed by atoms with Gasteiger partial charge in [-0.2, -0.15) is 0 Å². The van der Waals surface area contributed by atoms with E-state index in [-0.39, 0.29) is 77.2 Å². The molecule has 2 fully saturated rings. The molecule has 0 aliphatic carbocycles. The fraction of sp³-hybridized carbons (Fsp3) is 0.714. The second kappa shape index (κ2) is 10.4. The molecule has 2 aliphatic heterocycles. The van der Waals surface area contributed by atoms with Gasteiger partial charge in [-0.05, 0) is 20.8 Å². The molecule has 15 heteroatoms. The third-order valence-corrected chi connectivity index (χ3v) is 4.56. The minimum Gasteiger partial charge on any atom is -0.790 e. The Morgan fingerprint density at radius 2 is 1.97 bits per heavy atom. The molecule has 152 valence electrons. The van der Waals surface area contributed by atoms with E-state index in [1.54, 1.807) is 20.8 Å².